The molecule has 32 heavy (non-hydrogen) atoms. The highest BCUT2D eigenvalue weighted by molar-refractivity contribution is 14.0. The van der Waals surface area contributed by atoms with Crippen LogP contribution >= 0.6 is 24.0 Å². The van der Waals surface area contributed by atoms with Crippen molar-refractivity contribution in [1.82, 2.24) is 15.5 Å². The summed E-state index contributed by atoms with van der Waals surface area (Å²) in [6.45, 7) is 11.7. The second-order valence-corrected chi connectivity index (χ2v) is 7.44. The van der Waals surface area contributed by atoms with E-state index in [4.69, 9.17) is 19.2 Å². The van der Waals surface area contributed by atoms with E-state index in [1.165, 1.54) is 6.07 Å². The molecule has 1 aromatic rings. The van der Waals surface area contributed by atoms with Gasteiger partial charge in [0, 0.05) is 32.8 Å². The minimum atomic E-state index is -0.222. The molecule has 0 saturated carbocycles. The SMILES string of the molecule is CCCCOCCOCCNC(=NCC(c1cccc(F)c1)N1CCOCC1)NCC.I. The number of hydrogen-bond acceptors (Lipinski definition) is 5. The Kier molecular flexibility index (Phi) is 16.7. The van der Waals surface area contributed by atoms with Crippen LogP contribution in [-0.2, 0) is 14.2 Å². The van der Waals surface area contributed by atoms with E-state index in [-0.39, 0.29) is 35.8 Å². The summed E-state index contributed by atoms with van der Waals surface area (Å²) in [4.78, 5) is 7.08. The van der Waals surface area contributed by atoms with Crippen LogP contribution in [0.1, 0.15) is 38.3 Å². The molecule has 0 radical (unpaired) electrons. The number of ether oxygens (including phenoxy) is 3. The lowest BCUT2D eigenvalue weighted by atomic mass is 10.0. The number of rotatable bonds is 14. The number of guanidine groups is 1. The van der Waals surface area contributed by atoms with Crippen molar-refractivity contribution in [3.8, 4) is 0 Å². The van der Waals surface area contributed by atoms with Crippen molar-refractivity contribution in [2.24, 2.45) is 4.99 Å². The van der Waals surface area contributed by atoms with Crippen LogP contribution < -0.4 is 10.6 Å². The lowest BCUT2D eigenvalue weighted by Gasteiger charge is -2.34. The van der Waals surface area contributed by atoms with E-state index >= 15 is 0 Å². The lowest BCUT2D eigenvalue weighted by Crippen LogP contribution is -2.42. The van der Waals surface area contributed by atoms with Crippen LogP contribution in [0.15, 0.2) is 29.3 Å². The molecule has 1 aliphatic rings. The first kappa shape index (κ1) is 29.0. The number of halogens is 2. The summed E-state index contributed by atoms with van der Waals surface area (Å²) in [5, 5.41) is 6.58. The summed E-state index contributed by atoms with van der Waals surface area (Å²) in [5.41, 5.74) is 0.938. The van der Waals surface area contributed by atoms with Crippen LogP contribution in [0, 0.1) is 5.82 Å². The molecule has 0 aliphatic carbocycles. The zero-order valence-corrected chi connectivity index (χ0v) is 21.8. The van der Waals surface area contributed by atoms with E-state index in [1.807, 2.05) is 13.0 Å². The molecule has 7 nitrogen and oxygen atoms in total. The summed E-state index contributed by atoms with van der Waals surface area (Å²) in [6, 6.07) is 6.81. The molecular formula is C23H40FIN4O3. The van der Waals surface area contributed by atoms with Gasteiger partial charge < -0.3 is 24.8 Å². The Morgan fingerprint density at radius 1 is 1.12 bits per heavy atom. The largest absolute Gasteiger partial charge is 0.379 e. The van der Waals surface area contributed by atoms with Gasteiger partial charge in [-0.15, -0.1) is 24.0 Å². The maximum atomic E-state index is 13.8. The van der Waals surface area contributed by atoms with E-state index in [9.17, 15) is 4.39 Å². The van der Waals surface area contributed by atoms with Gasteiger partial charge in [-0.2, -0.15) is 0 Å². The van der Waals surface area contributed by atoms with Gasteiger partial charge in [0.2, 0.25) is 0 Å². The predicted octanol–water partition coefficient (Wildman–Crippen LogP) is 3.21. The van der Waals surface area contributed by atoms with Crippen molar-refractivity contribution in [3.05, 3.63) is 35.6 Å². The van der Waals surface area contributed by atoms with E-state index < -0.39 is 0 Å². The lowest BCUT2D eigenvalue weighted by molar-refractivity contribution is 0.0179. The number of benzene rings is 1. The molecule has 1 aliphatic heterocycles. The molecule has 184 valence electrons. The Morgan fingerprint density at radius 2 is 1.88 bits per heavy atom. The highest BCUT2D eigenvalue weighted by Crippen LogP contribution is 2.23. The minimum absolute atomic E-state index is 0. The first-order valence-electron chi connectivity index (χ1n) is 11.5. The monoisotopic (exact) mass is 566 g/mol. The fourth-order valence-corrected chi connectivity index (χ4v) is 3.36. The Labute approximate surface area is 209 Å². The average molecular weight is 567 g/mol. The van der Waals surface area contributed by atoms with E-state index in [0.29, 0.717) is 46.1 Å². The molecule has 0 bridgehead atoms. The van der Waals surface area contributed by atoms with Crippen molar-refractivity contribution < 1.29 is 18.6 Å². The Hall–Kier alpha value is -1.01. The van der Waals surface area contributed by atoms with Crippen LogP contribution in [0.5, 0.6) is 0 Å². The van der Waals surface area contributed by atoms with Crippen molar-refractivity contribution in [1.29, 1.82) is 0 Å². The highest BCUT2D eigenvalue weighted by Gasteiger charge is 2.23. The van der Waals surface area contributed by atoms with Crippen molar-refractivity contribution >= 4 is 29.9 Å². The zero-order valence-electron chi connectivity index (χ0n) is 19.5. The van der Waals surface area contributed by atoms with Gasteiger partial charge in [-0.25, -0.2) is 4.39 Å². The molecule has 1 atom stereocenters. The van der Waals surface area contributed by atoms with Crippen LogP contribution in [-0.4, -0.2) is 83.2 Å². The van der Waals surface area contributed by atoms with Gasteiger partial charge in [0.15, 0.2) is 5.96 Å². The molecule has 0 spiro atoms. The molecule has 9 heteroatoms. The number of hydrogen-bond donors (Lipinski definition) is 2. The number of aliphatic imine (C=N–C) groups is 1. The molecule has 2 N–H and O–H groups in total. The third kappa shape index (κ3) is 11.7. The maximum absolute atomic E-state index is 13.8. The van der Waals surface area contributed by atoms with Crippen molar-refractivity contribution in [2.45, 2.75) is 32.7 Å². The van der Waals surface area contributed by atoms with E-state index in [1.54, 1.807) is 12.1 Å². The van der Waals surface area contributed by atoms with Gasteiger partial charge in [-0.05, 0) is 31.0 Å². The first-order valence-corrected chi connectivity index (χ1v) is 11.5. The fourth-order valence-electron chi connectivity index (χ4n) is 3.36. The van der Waals surface area contributed by atoms with Crippen LogP contribution in [0.25, 0.3) is 0 Å². The van der Waals surface area contributed by atoms with Gasteiger partial charge in [0.25, 0.3) is 0 Å². The number of morpholine rings is 1. The zero-order chi connectivity index (χ0) is 22.2. The van der Waals surface area contributed by atoms with E-state index in [0.717, 1.165) is 50.6 Å². The average Bonchev–Trinajstić information content (AvgIpc) is 2.79. The molecule has 0 amide bonds. The van der Waals surface area contributed by atoms with Gasteiger partial charge in [-0.1, -0.05) is 25.5 Å². The van der Waals surface area contributed by atoms with Gasteiger partial charge in [0.05, 0.1) is 45.6 Å². The number of unbranched alkanes of at least 4 members (excludes halogenated alkanes) is 1. The quantitative estimate of drug-likeness (QED) is 0.156. The second-order valence-electron chi connectivity index (χ2n) is 7.44. The second kappa shape index (κ2) is 18.4. The van der Waals surface area contributed by atoms with Crippen molar-refractivity contribution in [2.75, 3.05) is 72.4 Å². The summed E-state index contributed by atoms with van der Waals surface area (Å²) in [6.07, 6.45) is 2.23. The molecule has 0 aromatic heterocycles. The summed E-state index contributed by atoms with van der Waals surface area (Å²) < 4.78 is 30.4. The summed E-state index contributed by atoms with van der Waals surface area (Å²) in [7, 11) is 0. The smallest absolute Gasteiger partial charge is 0.191 e. The molecule has 1 fully saturated rings. The molecule has 1 saturated heterocycles. The minimum Gasteiger partial charge on any atom is -0.379 e. The Balaban J connectivity index is 0.00000512. The molecule has 1 unspecified atom stereocenters. The normalized spacial score (nSPS) is 15.8. The van der Waals surface area contributed by atoms with Gasteiger partial charge in [-0.3, -0.25) is 9.89 Å². The van der Waals surface area contributed by atoms with Crippen LogP contribution in [0.3, 0.4) is 0 Å². The Bertz CT molecular complexity index is 633. The van der Waals surface area contributed by atoms with Crippen molar-refractivity contribution in [3.63, 3.8) is 0 Å². The fraction of sp³-hybridized carbons (Fsp3) is 0.696. The summed E-state index contributed by atoms with van der Waals surface area (Å²) in [5.74, 6) is 0.514. The van der Waals surface area contributed by atoms with Crippen LogP contribution in [0.4, 0.5) is 4.39 Å². The number of nitrogens with zero attached hydrogens (tertiary/aromatic N) is 2. The topological polar surface area (TPSA) is 67.4 Å². The molecular weight excluding hydrogens is 526 g/mol. The Morgan fingerprint density at radius 3 is 2.56 bits per heavy atom. The van der Waals surface area contributed by atoms with Crippen LogP contribution in [0.2, 0.25) is 0 Å². The third-order valence-corrected chi connectivity index (χ3v) is 5.04. The summed E-state index contributed by atoms with van der Waals surface area (Å²) >= 11 is 0. The standard InChI is InChI=1S/C23H39FN4O3.HI/c1-3-5-12-29-16-17-30-13-9-26-23(25-4-2)27-19-22(28-10-14-31-15-11-28)20-7-6-8-21(24)18-20;/h6-8,18,22H,3-5,9-17,19H2,1-2H3,(H2,25,26,27);1H. The maximum Gasteiger partial charge on any atom is 0.191 e. The first-order chi connectivity index (χ1) is 15.2. The molecule has 2 rings (SSSR count). The third-order valence-electron chi connectivity index (χ3n) is 5.04. The molecule has 1 heterocycles. The highest BCUT2D eigenvalue weighted by atomic mass is 127. The van der Waals surface area contributed by atoms with E-state index in [2.05, 4.69) is 22.5 Å². The van der Waals surface area contributed by atoms with Gasteiger partial charge in [0.1, 0.15) is 5.82 Å². The van der Waals surface area contributed by atoms with Gasteiger partial charge >= 0.3 is 0 Å². The molecule has 1 aromatic carbocycles. The number of nitrogens with one attached hydrogen (secondary N) is 2. The predicted molar refractivity (Wildman–Crippen MR) is 137 cm³/mol.